The Balaban J connectivity index is 2.05. The van der Waals surface area contributed by atoms with E-state index in [9.17, 15) is 13.6 Å². The van der Waals surface area contributed by atoms with E-state index in [1.54, 1.807) is 24.3 Å². The fourth-order valence-corrected chi connectivity index (χ4v) is 1.47. The summed E-state index contributed by atoms with van der Waals surface area (Å²) >= 11 is 0. The van der Waals surface area contributed by atoms with Crippen molar-refractivity contribution in [2.75, 3.05) is 6.54 Å². The van der Waals surface area contributed by atoms with Crippen molar-refractivity contribution in [3.05, 3.63) is 36.1 Å². The number of hydrogen-bond acceptors (Lipinski definition) is 3. The van der Waals surface area contributed by atoms with E-state index in [0.717, 1.165) is 5.39 Å². The average Bonchev–Trinajstić information content (AvgIpc) is 2.79. The number of hydrogen-bond donors (Lipinski definition) is 2. The van der Waals surface area contributed by atoms with E-state index < -0.39 is 25.0 Å². The molecule has 96 valence electrons. The third-order valence-corrected chi connectivity index (χ3v) is 2.41. The van der Waals surface area contributed by atoms with Gasteiger partial charge in [-0.1, -0.05) is 18.2 Å². The van der Waals surface area contributed by atoms with Crippen molar-refractivity contribution in [1.82, 2.24) is 5.32 Å². The SMILES string of the molecule is O=C(NCC(O)C(F)F)c1cc2ccccc2o1. The molecule has 1 unspecified atom stereocenters. The molecular weight excluding hydrogens is 244 g/mol. The van der Waals surface area contributed by atoms with Crippen LogP contribution in [0.5, 0.6) is 0 Å². The molecule has 0 aliphatic rings. The second-order valence-electron chi connectivity index (χ2n) is 3.76. The first-order chi connectivity index (χ1) is 8.58. The first-order valence-electron chi connectivity index (χ1n) is 5.31. The van der Waals surface area contributed by atoms with Crippen LogP contribution in [0.3, 0.4) is 0 Å². The molecule has 1 heterocycles. The van der Waals surface area contributed by atoms with Gasteiger partial charge >= 0.3 is 0 Å². The third kappa shape index (κ3) is 2.65. The van der Waals surface area contributed by atoms with Crippen molar-refractivity contribution >= 4 is 16.9 Å². The lowest BCUT2D eigenvalue weighted by Gasteiger charge is -2.09. The number of furan rings is 1. The molecule has 0 radical (unpaired) electrons. The van der Waals surface area contributed by atoms with Crippen LogP contribution in [0, 0.1) is 0 Å². The van der Waals surface area contributed by atoms with Crippen molar-refractivity contribution in [3.63, 3.8) is 0 Å². The molecule has 4 nitrogen and oxygen atoms in total. The molecule has 0 aliphatic carbocycles. The summed E-state index contributed by atoms with van der Waals surface area (Å²) in [7, 11) is 0. The molecule has 0 fully saturated rings. The zero-order valence-corrected chi connectivity index (χ0v) is 9.27. The molecule has 1 amide bonds. The number of carbonyl (C=O) groups is 1. The van der Waals surface area contributed by atoms with Gasteiger partial charge in [-0.05, 0) is 12.1 Å². The first-order valence-corrected chi connectivity index (χ1v) is 5.31. The minimum absolute atomic E-state index is 0.0256. The molecule has 0 aliphatic heterocycles. The lowest BCUT2D eigenvalue weighted by Crippen LogP contribution is -2.35. The van der Waals surface area contributed by atoms with E-state index in [1.165, 1.54) is 6.07 Å². The summed E-state index contributed by atoms with van der Waals surface area (Å²) in [6, 6.07) is 8.53. The highest BCUT2D eigenvalue weighted by molar-refractivity contribution is 5.96. The zero-order valence-electron chi connectivity index (χ0n) is 9.27. The van der Waals surface area contributed by atoms with Crippen LogP contribution in [0.2, 0.25) is 0 Å². The monoisotopic (exact) mass is 255 g/mol. The molecule has 1 aromatic carbocycles. The Morgan fingerprint density at radius 2 is 2.11 bits per heavy atom. The van der Waals surface area contributed by atoms with Crippen LogP contribution in [0.25, 0.3) is 11.0 Å². The molecule has 1 aromatic heterocycles. The maximum atomic E-state index is 12.0. The Kier molecular flexibility index (Phi) is 3.57. The number of carbonyl (C=O) groups excluding carboxylic acids is 1. The molecule has 2 N–H and O–H groups in total. The van der Waals surface area contributed by atoms with Crippen LogP contribution in [0.15, 0.2) is 34.7 Å². The largest absolute Gasteiger partial charge is 0.451 e. The molecule has 2 rings (SSSR count). The second-order valence-corrected chi connectivity index (χ2v) is 3.76. The fraction of sp³-hybridized carbons (Fsp3) is 0.250. The topological polar surface area (TPSA) is 62.5 Å². The molecule has 6 heteroatoms. The highest BCUT2D eigenvalue weighted by Gasteiger charge is 2.19. The van der Waals surface area contributed by atoms with Crippen molar-refractivity contribution in [2.45, 2.75) is 12.5 Å². The Morgan fingerprint density at radius 1 is 1.39 bits per heavy atom. The van der Waals surface area contributed by atoms with Crippen molar-refractivity contribution in [1.29, 1.82) is 0 Å². The predicted octanol–water partition coefficient (Wildman–Crippen LogP) is 1.79. The Morgan fingerprint density at radius 3 is 2.78 bits per heavy atom. The van der Waals surface area contributed by atoms with Gasteiger partial charge in [-0.3, -0.25) is 4.79 Å². The Hall–Kier alpha value is -1.95. The number of fused-ring (bicyclic) bond motifs is 1. The smallest absolute Gasteiger partial charge is 0.287 e. The van der Waals surface area contributed by atoms with E-state index in [0.29, 0.717) is 5.58 Å². The second kappa shape index (κ2) is 5.14. The summed E-state index contributed by atoms with van der Waals surface area (Å²) < 4.78 is 29.3. The van der Waals surface area contributed by atoms with Crippen molar-refractivity contribution in [3.8, 4) is 0 Å². The fourth-order valence-electron chi connectivity index (χ4n) is 1.47. The maximum absolute atomic E-state index is 12.0. The van der Waals surface area contributed by atoms with Gasteiger partial charge in [0.15, 0.2) is 5.76 Å². The normalized spacial score (nSPS) is 12.9. The highest BCUT2D eigenvalue weighted by atomic mass is 19.3. The first kappa shape index (κ1) is 12.5. The summed E-state index contributed by atoms with van der Waals surface area (Å²) in [6.45, 7) is -0.520. The van der Waals surface area contributed by atoms with Gasteiger partial charge in [-0.25, -0.2) is 8.78 Å². The van der Waals surface area contributed by atoms with Crippen molar-refractivity contribution in [2.24, 2.45) is 0 Å². The van der Waals surface area contributed by atoms with E-state index in [4.69, 9.17) is 9.52 Å². The standard InChI is InChI=1S/C12H11F2NO3/c13-11(14)8(16)6-15-12(17)10-5-7-3-1-2-4-9(7)18-10/h1-5,8,11,16H,6H2,(H,15,17). The van der Waals surface area contributed by atoms with Gasteiger partial charge in [0.1, 0.15) is 11.7 Å². The van der Waals surface area contributed by atoms with Gasteiger partial charge < -0.3 is 14.8 Å². The summed E-state index contributed by atoms with van der Waals surface area (Å²) in [6.07, 6.45) is -4.76. The van der Waals surface area contributed by atoms with Crippen molar-refractivity contribution < 1.29 is 23.1 Å². The molecular formula is C12H11F2NO3. The Labute approximate surface area is 101 Å². The number of amides is 1. The molecule has 0 bridgehead atoms. The van der Waals surface area contributed by atoms with Gasteiger partial charge in [-0.2, -0.15) is 0 Å². The van der Waals surface area contributed by atoms with Crippen LogP contribution < -0.4 is 5.32 Å². The highest BCUT2D eigenvalue weighted by Crippen LogP contribution is 2.18. The van der Waals surface area contributed by atoms with E-state index >= 15 is 0 Å². The van der Waals surface area contributed by atoms with Gasteiger partial charge in [0.2, 0.25) is 0 Å². The number of para-hydroxylation sites is 1. The number of alkyl halides is 2. The number of rotatable bonds is 4. The molecule has 18 heavy (non-hydrogen) atoms. The predicted molar refractivity (Wildman–Crippen MR) is 60.6 cm³/mol. The molecule has 0 spiro atoms. The summed E-state index contributed by atoms with van der Waals surface area (Å²) in [5.41, 5.74) is 0.539. The summed E-state index contributed by atoms with van der Waals surface area (Å²) in [4.78, 5) is 11.6. The van der Waals surface area contributed by atoms with Gasteiger partial charge in [0.05, 0.1) is 0 Å². The van der Waals surface area contributed by atoms with Gasteiger partial charge in [-0.15, -0.1) is 0 Å². The quantitative estimate of drug-likeness (QED) is 0.875. The number of aliphatic hydroxyl groups is 1. The van der Waals surface area contributed by atoms with Crippen LogP contribution in [-0.2, 0) is 0 Å². The minimum Gasteiger partial charge on any atom is -0.451 e. The average molecular weight is 255 g/mol. The van der Waals surface area contributed by atoms with Crippen LogP contribution in [0.1, 0.15) is 10.6 Å². The maximum Gasteiger partial charge on any atom is 0.287 e. The molecule has 0 saturated carbocycles. The lowest BCUT2D eigenvalue weighted by molar-refractivity contribution is -0.00282. The molecule has 2 aromatic rings. The van der Waals surface area contributed by atoms with Crippen LogP contribution in [0.4, 0.5) is 8.78 Å². The van der Waals surface area contributed by atoms with E-state index in [2.05, 4.69) is 5.32 Å². The van der Waals surface area contributed by atoms with E-state index in [-0.39, 0.29) is 5.76 Å². The molecule has 0 saturated heterocycles. The van der Waals surface area contributed by atoms with E-state index in [1.807, 2.05) is 0 Å². The van der Waals surface area contributed by atoms with Crippen LogP contribution >= 0.6 is 0 Å². The third-order valence-electron chi connectivity index (χ3n) is 2.41. The number of nitrogens with one attached hydrogen (secondary N) is 1. The number of aliphatic hydroxyl groups excluding tert-OH is 1. The summed E-state index contributed by atoms with van der Waals surface area (Å²) in [5, 5.41) is 11.8. The van der Waals surface area contributed by atoms with Gasteiger partial charge in [0, 0.05) is 11.9 Å². The molecule has 1 atom stereocenters. The number of benzene rings is 1. The minimum atomic E-state index is -2.89. The summed E-state index contributed by atoms with van der Waals surface area (Å²) in [5.74, 6) is -0.608. The lowest BCUT2D eigenvalue weighted by atomic mass is 10.2. The van der Waals surface area contributed by atoms with Gasteiger partial charge in [0.25, 0.3) is 12.3 Å². The Bertz CT molecular complexity index is 520. The van der Waals surface area contributed by atoms with Crippen LogP contribution in [-0.4, -0.2) is 30.1 Å². The zero-order chi connectivity index (χ0) is 13.1. The number of halogens is 2.